The van der Waals surface area contributed by atoms with E-state index in [1.165, 1.54) is 0 Å². The summed E-state index contributed by atoms with van der Waals surface area (Å²) in [5.41, 5.74) is 1.46. The number of aryl methyl sites for hydroxylation is 1. The van der Waals surface area contributed by atoms with E-state index in [1.54, 1.807) is 18.3 Å². The Labute approximate surface area is 101 Å². The fourth-order valence-electron chi connectivity index (χ4n) is 2.27. The van der Waals surface area contributed by atoms with Gasteiger partial charge in [-0.15, -0.1) is 0 Å². The van der Waals surface area contributed by atoms with Crippen LogP contribution in [0, 0.1) is 12.8 Å². The molecule has 2 atom stereocenters. The van der Waals surface area contributed by atoms with Crippen LogP contribution in [-0.4, -0.2) is 28.6 Å². The van der Waals surface area contributed by atoms with E-state index in [-0.39, 0.29) is 17.9 Å². The lowest BCUT2D eigenvalue weighted by Gasteiger charge is -2.15. The van der Waals surface area contributed by atoms with Gasteiger partial charge in [0.15, 0.2) is 0 Å². The lowest BCUT2D eigenvalue weighted by Crippen LogP contribution is -2.32. The molecule has 1 fully saturated rings. The number of pyridine rings is 1. The van der Waals surface area contributed by atoms with Crippen LogP contribution in [-0.2, 0) is 0 Å². The second kappa shape index (κ2) is 5.27. The smallest absolute Gasteiger partial charge is 0.251 e. The third-order valence-corrected chi connectivity index (χ3v) is 3.30. The molecule has 1 saturated carbocycles. The summed E-state index contributed by atoms with van der Waals surface area (Å²) in [7, 11) is 0. The lowest BCUT2D eigenvalue weighted by atomic mass is 10.1. The Hall–Kier alpha value is -1.42. The predicted octanol–water partition coefficient (Wildman–Crippen LogP) is 1.28. The summed E-state index contributed by atoms with van der Waals surface area (Å²) in [6.45, 7) is 2.42. The van der Waals surface area contributed by atoms with Crippen molar-refractivity contribution >= 4 is 5.91 Å². The van der Waals surface area contributed by atoms with Gasteiger partial charge in [-0.1, -0.05) is 6.42 Å². The zero-order valence-electron chi connectivity index (χ0n) is 10.0. The van der Waals surface area contributed by atoms with Crippen molar-refractivity contribution in [2.75, 3.05) is 6.54 Å². The van der Waals surface area contributed by atoms with E-state index in [4.69, 9.17) is 0 Å². The Morgan fingerprint density at radius 2 is 2.41 bits per heavy atom. The zero-order chi connectivity index (χ0) is 12.3. The van der Waals surface area contributed by atoms with Gasteiger partial charge in [-0.3, -0.25) is 9.78 Å². The maximum absolute atomic E-state index is 11.8. The number of aromatic nitrogens is 1. The summed E-state index contributed by atoms with van der Waals surface area (Å²) in [5.74, 6) is 0.122. The molecule has 0 aromatic carbocycles. The number of carbonyl (C=O) groups is 1. The van der Waals surface area contributed by atoms with Crippen molar-refractivity contribution in [1.29, 1.82) is 0 Å². The monoisotopic (exact) mass is 234 g/mol. The number of hydrogen-bond donors (Lipinski definition) is 2. The third-order valence-electron chi connectivity index (χ3n) is 3.30. The van der Waals surface area contributed by atoms with Crippen LogP contribution in [0.25, 0.3) is 0 Å². The molecule has 0 spiro atoms. The molecular formula is C13H18N2O2. The average Bonchev–Trinajstić information content (AvgIpc) is 2.72. The van der Waals surface area contributed by atoms with Crippen LogP contribution in [0.15, 0.2) is 18.3 Å². The molecule has 1 amide bonds. The van der Waals surface area contributed by atoms with E-state index in [0.717, 1.165) is 25.0 Å². The summed E-state index contributed by atoms with van der Waals surface area (Å²) < 4.78 is 0. The first kappa shape index (κ1) is 12.0. The Kier molecular flexibility index (Phi) is 3.74. The van der Waals surface area contributed by atoms with Gasteiger partial charge < -0.3 is 10.4 Å². The fraction of sp³-hybridized carbons (Fsp3) is 0.538. The molecule has 0 bridgehead atoms. The van der Waals surface area contributed by atoms with E-state index in [9.17, 15) is 9.90 Å². The highest BCUT2D eigenvalue weighted by Crippen LogP contribution is 2.24. The highest BCUT2D eigenvalue weighted by atomic mass is 16.3. The number of rotatable bonds is 3. The van der Waals surface area contributed by atoms with Crippen molar-refractivity contribution in [3.63, 3.8) is 0 Å². The molecule has 17 heavy (non-hydrogen) atoms. The van der Waals surface area contributed by atoms with Gasteiger partial charge in [0.1, 0.15) is 0 Å². The summed E-state index contributed by atoms with van der Waals surface area (Å²) in [5, 5.41) is 12.5. The topological polar surface area (TPSA) is 62.2 Å². The molecular weight excluding hydrogens is 216 g/mol. The molecule has 1 aromatic rings. The van der Waals surface area contributed by atoms with Crippen LogP contribution in [0.1, 0.15) is 35.3 Å². The van der Waals surface area contributed by atoms with Crippen LogP contribution >= 0.6 is 0 Å². The van der Waals surface area contributed by atoms with Gasteiger partial charge in [-0.2, -0.15) is 0 Å². The minimum atomic E-state index is -0.255. The van der Waals surface area contributed by atoms with Gasteiger partial charge in [0.2, 0.25) is 0 Å². The third kappa shape index (κ3) is 3.03. The number of aliphatic hydroxyl groups excluding tert-OH is 1. The summed E-state index contributed by atoms with van der Waals surface area (Å²) in [4.78, 5) is 15.9. The molecule has 2 N–H and O–H groups in total. The normalized spacial score (nSPS) is 23.6. The van der Waals surface area contributed by atoms with E-state index in [0.29, 0.717) is 12.1 Å². The SMILES string of the molecule is Cc1cc(C(=O)NCC2CCCC2O)ccn1. The molecule has 0 radical (unpaired) electrons. The van der Waals surface area contributed by atoms with Crippen LogP contribution < -0.4 is 5.32 Å². The zero-order valence-corrected chi connectivity index (χ0v) is 10.0. The largest absolute Gasteiger partial charge is 0.393 e. The van der Waals surface area contributed by atoms with Gasteiger partial charge in [-0.05, 0) is 31.9 Å². The van der Waals surface area contributed by atoms with Crippen molar-refractivity contribution in [3.8, 4) is 0 Å². The first-order valence-electron chi connectivity index (χ1n) is 6.06. The summed E-state index contributed by atoms with van der Waals surface area (Å²) in [6.07, 6.45) is 4.28. The Bertz CT molecular complexity index is 406. The molecule has 4 nitrogen and oxygen atoms in total. The maximum Gasteiger partial charge on any atom is 0.251 e. The van der Waals surface area contributed by atoms with Crippen LogP contribution in [0.3, 0.4) is 0 Å². The number of hydrogen-bond acceptors (Lipinski definition) is 3. The Morgan fingerprint density at radius 1 is 1.59 bits per heavy atom. The molecule has 2 rings (SSSR count). The molecule has 1 aliphatic carbocycles. The quantitative estimate of drug-likeness (QED) is 0.828. The second-order valence-electron chi connectivity index (χ2n) is 4.65. The van der Waals surface area contributed by atoms with Crippen molar-refractivity contribution < 1.29 is 9.90 Å². The second-order valence-corrected chi connectivity index (χ2v) is 4.65. The lowest BCUT2D eigenvalue weighted by molar-refractivity contribution is 0.0916. The van der Waals surface area contributed by atoms with Crippen molar-refractivity contribution in [3.05, 3.63) is 29.6 Å². The van der Waals surface area contributed by atoms with E-state index < -0.39 is 0 Å². The predicted molar refractivity (Wildman–Crippen MR) is 64.7 cm³/mol. The van der Waals surface area contributed by atoms with Crippen molar-refractivity contribution in [2.24, 2.45) is 5.92 Å². The van der Waals surface area contributed by atoms with Crippen molar-refractivity contribution in [1.82, 2.24) is 10.3 Å². The molecule has 0 aliphatic heterocycles. The fourth-order valence-corrected chi connectivity index (χ4v) is 2.27. The molecule has 0 saturated heterocycles. The number of nitrogens with one attached hydrogen (secondary N) is 1. The van der Waals surface area contributed by atoms with Crippen LogP contribution in [0.2, 0.25) is 0 Å². The van der Waals surface area contributed by atoms with Crippen molar-refractivity contribution in [2.45, 2.75) is 32.3 Å². The van der Waals surface area contributed by atoms with Gasteiger partial charge >= 0.3 is 0 Å². The first-order valence-corrected chi connectivity index (χ1v) is 6.06. The van der Waals surface area contributed by atoms with Gasteiger partial charge in [0.05, 0.1) is 6.10 Å². The number of nitrogens with zero attached hydrogens (tertiary/aromatic N) is 1. The number of aliphatic hydroxyl groups is 1. The van der Waals surface area contributed by atoms with E-state index >= 15 is 0 Å². The van der Waals surface area contributed by atoms with Gasteiger partial charge in [0.25, 0.3) is 5.91 Å². The minimum absolute atomic E-state index is 0.0883. The van der Waals surface area contributed by atoms with Crippen LogP contribution in [0.5, 0.6) is 0 Å². The number of amides is 1. The molecule has 4 heteroatoms. The summed E-state index contributed by atoms with van der Waals surface area (Å²) >= 11 is 0. The molecule has 1 aliphatic rings. The minimum Gasteiger partial charge on any atom is -0.393 e. The van der Waals surface area contributed by atoms with Gasteiger partial charge in [0, 0.05) is 29.9 Å². The van der Waals surface area contributed by atoms with E-state index in [2.05, 4.69) is 10.3 Å². The standard InChI is InChI=1S/C13H18N2O2/c1-9-7-10(5-6-14-9)13(17)15-8-11-3-2-4-12(11)16/h5-7,11-12,16H,2-4,8H2,1H3,(H,15,17). The van der Waals surface area contributed by atoms with E-state index in [1.807, 2.05) is 6.92 Å². The molecule has 92 valence electrons. The highest BCUT2D eigenvalue weighted by molar-refractivity contribution is 5.94. The summed E-state index contributed by atoms with van der Waals surface area (Å²) in [6, 6.07) is 3.47. The average molecular weight is 234 g/mol. The Balaban J connectivity index is 1.89. The highest BCUT2D eigenvalue weighted by Gasteiger charge is 2.25. The van der Waals surface area contributed by atoms with Crippen LogP contribution in [0.4, 0.5) is 0 Å². The number of carbonyl (C=O) groups excluding carboxylic acids is 1. The first-order chi connectivity index (χ1) is 8.16. The molecule has 1 aromatic heterocycles. The molecule has 2 unspecified atom stereocenters. The maximum atomic E-state index is 11.8. The Morgan fingerprint density at radius 3 is 3.06 bits per heavy atom. The molecule has 1 heterocycles. The van der Waals surface area contributed by atoms with Gasteiger partial charge in [-0.25, -0.2) is 0 Å².